The fourth-order valence-electron chi connectivity index (χ4n) is 0.502. The second kappa shape index (κ2) is 6.09. The van der Waals surface area contributed by atoms with E-state index in [2.05, 4.69) is 5.32 Å². The molecule has 0 aliphatic carbocycles. The number of carbonyl (C=O) groups is 3. The molecule has 0 spiro atoms. The van der Waals surface area contributed by atoms with Crippen LogP contribution in [0.3, 0.4) is 0 Å². The molecule has 0 aromatic carbocycles. The number of hydrogen-bond donors (Lipinski definition) is 4. The van der Waals surface area contributed by atoms with Gasteiger partial charge in [0.05, 0.1) is 19.6 Å². The van der Waals surface area contributed by atoms with Crippen LogP contribution in [0.1, 0.15) is 0 Å². The molecule has 13 heavy (non-hydrogen) atoms. The topological polar surface area (TPSA) is 127 Å². The largest absolute Gasteiger partial charge is 0.346 e. The van der Waals surface area contributed by atoms with Crippen LogP contribution in [0.2, 0.25) is 0 Å². The standard InChI is InChI=1S/C6H12N4O3/c7-1-4(11)9-3-6(13)10-5(12)2-8/h1-3,7-8H2,(H,9,11)(H,10,12,13). The Labute approximate surface area is 74.8 Å². The molecule has 0 radical (unpaired) electrons. The van der Waals surface area contributed by atoms with Gasteiger partial charge in [0.2, 0.25) is 17.7 Å². The lowest BCUT2D eigenvalue weighted by molar-refractivity contribution is -0.131. The first kappa shape index (κ1) is 11.5. The fraction of sp³-hybridized carbons (Fsp3) is 0.500. The number of nitrogens with one attached hydrogen (secondary N) is 2. The van der Waals surface area contributed by atoms with Gasteiger partial charge >= 0.3 is 0 Å². The fourth-order valence-corrected chi connectivity index (χ4v) is 0.502. The summed E-state index contributed by atoms with van der Waals surface area (Å²) in [6.45, 7) is -0.740. The molecule has 0 fully saturated rings. The highest BCUT2D eigenvalue weighted by Crippen LogP contribution is 1.66. The van der Waals surface area contributed by atoms with Gasteiger partial charge in [-0.1, -0.05) is 0 Å². The molecule has 6 N–H and O–H groups in total. The SMILES string of the molecule is NCC(=O)NCC(=O)NC(=O)CN. The Balaban J connectivity index is 3.63. The summed E-state index contributed by atoms with van der Waals surface area (Å²) in [5.74, 6) is -1.67. The Hall–Kier alpha value is -1.47. The van der Waals surface area contributed by atoms with Crippen LogP contribution in [-0.4, -0.2) is 37.4 Å². The van der Waals surface area contributed by atoms with Gasteiger partial charge in [0.1, 0.15) is 0 Å². The van der Waals surface area contributed by atoms with Crippen molar-refractivity contribution in [2.24, 2.45) is 11.5 Å². The van der Waals surface area contributed by atoms with Crippen LogP contribution in [0.25, 0.3) is 0 Å². The average molecular weight is 188 g/mol. The summed E-state index contributed by atoms with van der Waals surface area (Å²) < 4.78 is 0. The Morgan fingerprint density at radius 2 is 1.46 bits per heavy atom. The maximum Gasteiger partial charge on any atom is 0.245 e. The molecule has 0 aliphatic heterocycles. The number of hydrogen-bond acceptors (Lipinski definition) is 5. The van der Waals surface area contributed by atoms with Crippen molar-refractivity contribution in [3.63, 3.8) is 0 Å². The van der Waals surface area contributed by atoms with E-state index in [0.29, 0.717) is 0 Å². The van der Waals surface area contributed by atoms with Crippen LogP contribution in [0.15, 0.2) is 0 Å². The summed E-state index contributed by atoms with van der Waals surface area (Å²) >= 11 is 0. The minimum atomic E-state index is -0.614. The van der Waals surface area contributed by atoms with Gasteiger partial charge in [0, 0.05) is 0 Å². The zero-order chi connectivity index (χ0) is 10.3. The Bertz CT molecular complexity index is 216. The van der Waals surface area contributed by atoms with Crippen LogP contribution in [0.4, 0.5) is 0 Å². The second-order valence-electron chi connectivity index (χ2n) is 2.16. The summed E-state index contributed by atoms with van der Waals surface area (Å²) in [6.07, 6.45) is 0. The van der Waals surface area contributed by atoms with Gasteiger partial charge in [-0.05, 0) is 0 Å². The number of carbonyl (C=O) groups excluding carboxylic acids is 3. The molecule has 0 rings (SSSR count). The van der Waals surface area contributed by atoms with Crippen molar-refractivity contribution in [2.45, 2.75) is 0 Å². The van der Waals surface area contributed by atoms with Gasteiger partial charge < -0.3 is 16.8 Å². The van der Waals surface area contributed by atoms with Crippen LogP contribution < -0.4 is 22.1 Å². The van der Waals surface area contributed by atoms with Crippen LogP contribution in [0, 0.1) is 0 Å². The Morgan fingerprint density at radius 1 is 0.923 bits per heavy atom. The molecular formula is C6H12N4O3. The average Bonchev–Trinajstić information content (AvgIpc) is 2.13. The molecule has 0 atom stereocenters. The van der Waals surface area contributed by atoms with Crippen molar-refractivity contribution < 1.29 is 14.4 Å². The quantitative estimate of drug-likeness (QED) is 0.367. The zero-order valence-corrected chi connectivity index (χ0v) is 7.00. The maximum absolute atomic E-state index is 10.8. The van der Waals surface area contributed by atoms with Gasteiger partial charge in [0.15, 0.2) is 0 Å². The van der Waals surface area contributed by atoms with Crippen LogP contribution in [-0.2, 0) is 14.4 Å². The van der Waals surface area contributed by atoms with Crippen molar-refractivity contribution in [2.75, 3.05) is 19.6 Å². The number of amides is 3. The van der Waals surface area contributed by atoms with E-state index < -0.39 is 17.7 Å². The van der Waals surface area contributed by atoms with E-state index >= 15 is 0 Å². The molecule has 0 aromatic rings. The van der Waals surface area contributed by atoms with E-state index in [1.807, 2.05) is 5.32 Å². The lowest BCUT2D eigenvalue weighted by Gasteiger charge is -2.03. The molecular weight excluding hydrogens is 176 g/mol. The van der Waals surface area contributed by atoms with E-state index in [9.17, 15) is 14.4 Å². The summed E-state index contributed by atoms with van der Waals surface area (Å²) in [4.78, 5) is 31.9. The third-order valence-electron chi connectivity index (χ3n) is 1.10. The Kier molecular flexibility index (Phi) is 5.40. The highest BCUT2D eigenvalue weighted by molar-refractivity contribution is 5.98. The maximum atomic E-state index is 10.8. The summed E-state index contributed by atoms with van der Waals surface area (Å²) in [5.41, 5.74) is 9.89. The monoisotopic (exact) mass is 188 g/mol. The Morgan fingerprint density at radius 3 is 1.92 bits per heavy atom. The minimum absolute atomic E-state index is 0.196. The molecule has 0 aromatic heterocycles. The molecule has 0 saturated carbocycles. The molecule has 0 unspecified atom stereocenters. The molecule has 74 valence electrons. The molecule has 0 saturated heterocycles. The molecule has 7 heteroatoms. The first-order chi connectivity index (χ1) is 6.10. The third-order valence-corrected chi connectivity index (χ3v) is 1.10. The minimum Gasteiger partial charge on any atom is -0.346 e. The van der Waals surface area contributed by atoms with Crippen molar-refractivity contribution >= 4 is 17.7 Å². The summed E-state index contributed by atoms with van der Waals surface area (Å²) in [5, 5.41) is 4.14. The normalized spacial score (nSPS) is 9.08. The van der Waals surface area contributed by atoms with Gasteiger partial charge in [0.25, 0.3) is 0 Å². The first-order valence-corrected chi connectivity index (χ1v) is 3.59. The van der Waals surface area contributed by atoms with Gasteiger partial charge in [-0.3, -0.25) is 19.7 Å². The van der Waals surface area contributed by atoms with E-state index in [1.165, 1.54) is 0 Å². The lowest BCUT2D eigenvalue weighted by atomic mass is 10.5. The van der Waals surface area contributed by atoms with Crippen molar-refractivity contribution in [3.8, 4) is 0 Å². The van der Waals surface area contributed by atoms with Gasteiger partial charge in [-0.25, -0.2) is 0 Å². The zero-order valence-electron chi connectivity index (χ0n) is 7.00. The number of rotatable bonds is 4. The lowest BCUT2D eigenvalue weighted by Crippen LogP contribution is -2.43. The number of imide groups is 1. The van der Waals surface area contributed by atoms with E-state index in [4.69, 9.17) is 11.5 Å². The van der Waals surface area contributed by atoms with E-state index in [1.54, 1.807) is 0 Å². The highest BCUT2D eigenvalue weighted by Gasteiger charge is 2.06. The summed E-state index contributed by atoms with van der Waals surface area (Å²) in [6, 6.07) is 0. The molecule has 0 bridgehead atoms. The number of nitrogens with two attached hydrogens (primary N) is 2. The molecule has 3 amide bonds. The summed E-state index contributed by atoms with van der Waals surface area (Å²) in [7, 11) is 0. The molecule has 7 nitrogen and oxygen atoms in total. The highest BCUT2D eigenvalue weighted by atomic mass is 16.2. The van der Waals surface area contributed by atoms with Crippen molar-refractivity contribution in [1.29, 1.82) is 0 Å². The van der Waals surface area contributed by atoms with Crippen molar-refractivity contribution in [3.05, 3.63) is 0 Å². The van der Waals surface area contributed by atoms with Crippen molar-refractivity contribution in [1.82, 2.24) is 10.6 Å². The first-order valence-electron chi connectivity index (χ1n) is 3.59. The predicted molar refractivity (Wildman–Crippen MR) is 44.3 cm³/mol. The van der Waals surface area contributed by atoms with Gasteiger partial charge in [-0.15, -0.1) is 0 Å². The smallest absolute Gasteiger partial charge is 0.245 e. The molecule has 0 heterocycles. The van der Waals surface area contributed by atoms with Crippen LogP contribution in [0.5, 0.6) is 0 Å². The van der Waals surface area contributed by atoms with Crippen LogP contribution >= 0.6 is 0 Å². The van der Waals surface area contributed by atoms with Gasteiger partial charge in [-0.2, -0.15) is 0 Å². The second-order valence-corrected chi connectivity index (χ2v) is 2.16. The predicted octanol–water partition coefficient (Wildman–Crippen LogP) is -3.34. The van der Waals surface area contributed by atoms with E-state index in [0.717, 1.165) is 0 Å². The molecule has 0 aliphatic rings. The third kappa shape index (κ3) is 5.76. The van der Waals surface area contributed by atoms with E-state index in [-0.39, 0.29) is 19.6 Å².